The molecule has 3 atom stereocenters. The summed E-state index contributed by atoms with van der Waals surface area (Å²) in [4.78, 5) is 42.0. The molecule has 0 aliphatic carbocycles. The van der Waals surface area contributed by atoms with Crippen molar-refractivity contribution in [1.82, 2.24) is 34.7 Å². The molecule has 6 heterocycles. The Balaban J connectivity index is 1.15. The largest absolute Gasteiger partial charge is 0.461 e. The van der Waals surface area contributed by atoms with Gasteiger partial charge in [-0.15, -0.1) is 0 Å². The van der Waals surface area contributed by atoms with Gasteiger partial charge in [-0.05, 0) is 56.1 Å². The van der Waals surface area contributed by atoms with Gasteiger partial charge in [-0.2, -0.15) is 15.2 Å². The number of nitriles is 1. The molecule has 5 aromatic rings. The first-order valence-corrected chi connectivity index (χ1v) is 18.0. The zero-order valence-corrected chi connectivity index (χ0v) is 29.7. The number of rotatable bonds is 8. The van der Waals surface area contributed by atoms with Crippen LogP contribution in [0.2, 0.25) is 0 Å². The zero-order chi connectivity index (χ0) is 36.7. The van der Waals surface area contributed by atoms with Crippen LogP contribution in [-0.2, 0) is 4.79 Å². The first kappa shape index (κ1) is 34.5. The number of halogens is 2. The van der Waals surface area contributed by atoms with E-state index in [-0.39, 0.29) is 42.7 Å². The monoisotopic (exact) mass is 715 g/mol. The molecule has 0 bridgehead atoms. The SMILES string of the molecule is Cc1cc(/C=C/C(=O)N2CCN(c3nc(OC[C@@]45CCCN4C[C@H](F)C5)nc4c(F)c(-c5cccc6ccccc56)ncc34)C[C@@H]2CC#N)nc(C)n1. The summed E-state index contributed by atoms with van der Waals surface area (Å²) in [5, 5.41) is 12.0. The van der Waals surface area contributed by atoms with E-state index in [9.17, 15) is 14.4 Å². The molecule has 0 radical (unpaired) electrons. The molecule has 3 saturated heterocycles. The highest BCUT2D eigenvalue weighted by atomic mass is 19.1. The molecule has 3 aliphatic rings. The molecule has 270 valence electrons. The molecule has 8 rings (SSSR count). The van der Waals surface area contributed by atoms with E-state index in [1.54, 1.807) is 30.2 Å². The van der Waals surface area contributed by atoms with E-state index in [2.05, 4.69) is 30.9 Å². The molecule has 53 heavy (non-hydrogen) atoms. The van der Waals surface area contributed by atoms with Crippen LogP contribution in [0.3, 0.4) is 0 Å². The van der Waals surface area contributed by atoms with E-state index in [1.807, 2.05) is 54.3 Å². The number of hydrogen-bond donors (Lipinski definition) is 0. The summed E-state index contributed by atoms with van der Waals surface area (Å²) in [5.74, 6) is 0.152. The summed E-state index contributed by atoms with van der Waals surface area (Å²) in [5.41, 5.74) is 1.80. The van der Waals surface area contributed by atoms with Crippen LogP contribution in [-0.4, -0.2) is 97.7 Å². The highest BCUT2D eigenvalue weighted by Crippen LogP contribution is 2.41. The summed E-state index contributed by atoms with van der Waals surface area (Å²) in [6, 6.07) is 17.0. The molecule has 0 spiro atoms. The molecule has 0 N–H and O–H groups in total. The smallest absolute Gasteiger partial charge is 0.319 e. The quantitative estimate of drug-likeness (QED) is 0.177. The highest BCUT2D eigenvalue weighted by Gasteiger charge is 2.49. The molecule has 2 aromatic carbocycles. The van der Waals surface area contributed by atoms with Gasteiger partial charge in [0.05, 0.1) is 35.2 Å². The fourth-order valence-electron chi connectivity index (χ4n) is 8.30. The number of aryl methyl sites for hydroxylation is 2. The lowest BCUT2D eigenvalue weighted by Gasteiger charge is -2.41. The average Bonchev–Trinajstić information content (AvgIpc) is 3.68. The number of fused-ring (bicyclic) bond motifs is 3. The second kappa shape index (κ2) is 14.1. The van der Waals surface area contributed by atoms with Crippen LogP contribution >= 0.6 is 0 Å². The Bertz CT molecular complexity index is 2270. The van der Waals surface area contributed by atoms with Gasteiger partial charge in [0.1, 0.15) is 35.6 Å². The Hall–Kier alpha value is -5.61. The Morgan fingerprint density at radius 1 is 1.06 bits per heavy atom. The van der Waals surface area contributed by atoms with Crippen LogP contribution < -0.4 is 9.64 Å². The highest BCUT2D eigenvalue weighted by molar-refractivity contribution is 5.99. The first-order valence-electron chi connectivity index (χ1n) is 18.0. The van der Waals surface area contributed by atoms with Crippen LogP contribution in [0.1, 0.15) is 42.9 Å². The van der Waals surface area contributed by atoms with Crippen molar-refractivity contribution in [2.75, 3.05) is 44.2 Å². The number of piperazine rings is 1. The maximum absolute atomic E-state index is 16.9. The number of alkyl halides is 1. The van der Waals surface area contributed by atoms with Crippen molar-refractivity contribution in [1.29, 1.82) is 5.26 Å². The molecule has 3 aromatic heterocycles. The van der Waals surface area contributed by atoms with E-state index in [4.69, 9.17) is 9.72 Å². The van der Waals surface area contributed by atoms with Crippen molar-refractivity contribution in [2.24, 2.45) is 0 Å². The second-order valence-corrected chi connectivity index (χ2v) is 14.2. The summed E-state index contributed by atoms with van der Waals surface area (Å²) in [6.45, 7) is 5.93. The lowest BCUT2D eigenvalue weighted by atomic mass is 9.95. The molecule has 0 saturated carbocycles. The molecule has 1 amide bonds. The third-order valence-corrected chi connectivity index (χ3v) is 10.7. The third-order valence-electron chi connectivity index (χ3n) is 10.7. The van der Waals surface area contributed by atoms with Gasteiger partial charge in [0.2, 0.25) is 5.91 Å². The summed E-state index contributed by atoms with van der Waals surface area (Å²) < 4.78 is 37.8. The van der Waals surface area contributed by atoms with Gasteiger partial charge in [0.15, 0.2) is 5.82 Å². The van der Waals surface area contributed by atoms with Crippen molar-refractivity contribution in [3.05, 3.63) is 83.8 Å². The number of aromatic nitrogens is 5. The predicted molar refractivity (Wildman–Crippen MR) is 197 cm³/mol. The van der Waals surface area contributed by atoms with Gasteiger partial charge in [0, 0.05) is 56.1 Å². The van der Waals surface area contributed by atoms with Crippen LogP contribution in [0.25, 0.3) is 39.0 Å². The number of hydrogen-bond acceptors (Lipinski definition) is 10. The maximum atomic E-state index is 16.9. The van der Waals surface area contributed by atoms with Gasteiger partial charge < -0.3 is 14.5 Å². The molecule has 3 aliphatic heterocycles. The Kier molecular flexibility index (Phi) is 9.16. The zero-order valence-electron chi connectivity index (χ0n) is 29.7. The minimum absolute atomic E-state index is 0.0151. The van der Waals surface area contributed by atoms with Crippen LogP contribution in [0.4, 0.5) is 14.6 Å². The van der Waals surface area contributed by atoms with Crippen molar-refractivity contribution in [3.63, 3.8) is 0 Å². The molecule has 11 nitrogen and oxygen atoms in total. The molecular weight excluding hydrogens is 676 g/mol. The Morgan fingerprint density at radius 3 is 2.75 bits per heavy atom. The van der Waals surface area contributed by atoms with Crippen LogP contribution in [0.15, 0.2) is 60.8 Å². The number of carbonyl (C=O) groups excluding carboxylic acids is 1. The minimum Gasteiger partial charge on any atom is -0.461 e. The van der Waals surface area contributed by atoms with E-state index < -0.39 is 23.6 Å². The van der Waals surface area contributed by atoms with Crippen LogP contribution in [0, 0.1) is 31.0 Å². The standard InChI is InChI=1S/C40H39F2N9O2/c1-25-19-29(46-26(2)45-25)11-12-34(52)51-18-17-49(23-30(51)13-15-43)38-33-21-44-36(32-10-5-8-27-7-3-4-9-31(27)32)35(42)37(33)47-39(48-38)53-24-40-14-6-16-50(40)22-28(41)20-40/h3-5,7-12,19,21,28,30H,6,13-14,16-18,20,22-24H2,1-2H3/b12-11+/t28-,30+,40+/m1/s1. The second-order valence-electron chi connectivity index (χ2n) is 14.2. The van der Waals surface area contributed by atoms with Crippen molar-refractivity contribution < 1.29 is 18.3 Å². The fourth-order valence-corrected chi connectivity index (χ4v) is 8.30. The Labute approximate surface area is 306 Å². The van der Waals surface area contributed by atoms with E-state index in [0.29, 0.717) is 54.3 Å². The summed E-state index contributed by atoms with van der Waals surface area (Å²) >= 11 is 0. The van der Waals surface area contributed by atoms with E-state index in [0.717, 1.165) is 35.9 Å². The van der Waals surface area contributed by atoms with E-state index in [1.165, 1.54) is 6.08 Å². The minimum atomic E-state index is -0.932. The number of ether oxygens (including phenoxy) is 1. The van der Waals surface area contributed by atoms with Gasteiger partial charge in [-0.3, -0.25) is 14.7 Å². The normalized spacial score (nSPS) is 21.8. The number of benzene rings is 2. The first-order chi connectivity index (χ1) is 25.7. The number of carbonyl (C=O) groups is 1. The number of amides is 1. The molecule has 3 fully saturated rings. The number of pyridine rings is 1. The number of nitrogens with zero attached hydrogens (tertiary/aromatic N) is 9. The third kappa shape index (κ3) is 6.63. The van der Waals surface area contributed by atoms with Crippen molar-refractivity contribution in [2.45, 2.75) is 57.3 Å². The average molecular weight is 716 g/mol. The predicted octanol–water partition coefficient (Wildman–Crippen LogP) is 5.99. The fraction of sp³-hybridized carbons (Fsp3) is 0.375. The lowest BCUT2D eigenvalue weighted by molar-refractivity contribution is -0.128. The molecular formula is C40H39F2N9O2. The lowest BCUT2D eigenvalue weighted by Crippen LogP contribution is -2.55. The topological polar surface area (TPSA) is 124 Å². The maximum Gasteiger partial charge on any atom is 0.319 e. The van der Waals surface area contributed by atoms with Gasteiger partial charge >= 0.3 is 6.01 Å². The summed E-state index contributed by atoms with van der Waals surface area (Å²) in [6.07, 6.45) is 5.98. The van der Waals surface area contributed by atoms with Gasteiger partial charge in [0.25, 0.3) is 0 Å². The summed E-state index contributed by atoms with van der Waals surface area (Å²) in [7, 11) is 0. The Morgan fingerprint density at radius 2 is 1.91 bits per heavy atom. The van der Waals surface area contributed by atoms with Crippen molar-refractivity contribution >= 4 is 39.5 Å². The molecule has 0 unspecified atom stereocenters. The van der Waals surface area contributed by atoms with Crippen molar-refractivity contribution in [3.8, 4) is 23.3 Å². The van der Waals surface area contributed by atoms with Gasteiger partial charge in [-0.1, -0.05) is 42.5 Å². The van der Waals surface area contributed by atoms with Gasteiger partial charge in [-0.25, -0.2) is 18.7 Å². The molecule has 13 heteroatoms. The van der Waals surface area contributed by atoms with E-state index >= 15 is 4.39 Å². The number of anilines is 1. The van der Waals surface area contributed by atoms with Crippen LogP contribution in [0.5, 0.6) is 6.01 Å².